The second-order valence-electron chi connectivity index (χ2n) is 7.35. The summed E-state index contributed by atoms with van der Waals surface area (Å²) in [5.74, 6) is 1.30. The van der Waals surface area contributed by atoms with Crippen molar-refractivity contribution in [3.05, 3.63) is 53.7 Å². The number of pyridine rings is 1. The molecule has 0 aliphatic carbocycles. The molecule has 5 heteroatoms. The average molecular weight is 367 g/mol. The van der Waals surface area contributed by atoms with E-state index >= 15 is 0 Å². The number of piperidine rings is 1. The van der Waals surface area contributed by atoms with Crippen molar-refractivity contribution in [2.24, 2.45) is 11.7 Å². The molecular formula is C22H29N3O2. The predicted molar refractivity (Wildman–Crippen MR) is 107 cm³/mol. The number of nitrogens with two attached hydrogens (primary N) is 1. The van der Waals surface area contributed by atoms with E-state index in [1.807, 2.05) is 12.1 Å². The molecular weight excluding hydrogens is 338 g/mol. The number of aromatic nitrogens is 1. The fourth-order valence-electron chi connectivity index (χ4n) is 3.76. The van der Waals surface area contributed by atoms with Crippen LogP contribution in [0.1, 0.15) is 61.5 Å². The lowest BCUT2D eigenvalue weighted by molar-refractivity contribution is 0.1000. The van der Waals surface area contributed by atoms with Gasteiger partial charge in [-0.2, -0.15) is 0 Å². The van der Waals surface area contributed by atoms with E-state index in [1.165, 1.54) is 44.1 Å². The maximum absolute atomic E-state index is 11.1. The number of likely N-dealkylation sites (tertiary alicyclic amines) is 1. The van der Waals surface area contributed by atoms with E-state index in [1.54, 1.807) is 12.1 Å². The van der Waals surface area contributed by atoms with Crippen molar-refractivity contribution >= 4 is 5.91 Å². The Morgan fingerprint density at radius 3 is 2.41 bits per heavy atom. The molecule has 0 spiro atoms. The second-order valence-corrected chi connectivity index (χ2v) is 7.35. The molecule has 2 N–H and O–H groups in total. The fourth-order valence-corrected chi connectivity index (χ4v) is 3.76. The van der Waals surface area contributed by atoms with E-state index < -0.39 is 5.91 Å². The number of rotatable bonds is 7. The first kappa shape index (κ1) is 19.4. The van der Waals surface area contributed by atoms with Gasteiger partial charge in [0.1, 0.15) is 5.75 Å². The molecule has 0 bridgehead atoms. The summed E-state index contributed by atoms with van der Waals surface area (Å²) in [7, 11) is 0. The molecule has 1 aliphatic heterocycles. The van der Waals surface area contributed by atoms with Gasteiger partial charge in [-0.05, 0) is 55.6 Å². The number of hydrogen-bond donors (Lipinski definition) is 1. The van der Waals surface area contributed by atoms with Crippen LogP contribution in [0.2, 0.25) is 0 Å². The number of hydrogen-bond acceptors (Lipinski definition) is 4. The maximum atomic E-state index is 11.1. The van der Waals surface area contributed by atoms with Gasteiger partial charge in [0.2, 0.25) is 11.8 Å². The van der Waals surface area contributed by atoms with Gasteiger partial charge in [-0.15, -0.1) is 0 Å². The second kappa shape index (κ2) is 9.00. The minimum Gasteiger partial charge on any atom is -0.439 e. The largest absolute Gasteiger partial charge is 0.439 e. The van der Waals surface area contributed by atoms with Crippen LogP contribution in [-0.2, 0) is 0 Å². The van der Waals surface area contributed by atoms with Crippen LogP contribution in [0.5, 0.6) is 11.6 Å². The smallest absolute Gasteiger partial charge is 0.250 e. The van der Waals surface area contributed by atoms with Crippen molar-refractivity contribution in [1.82, 2.24) is 9.88 Å². The molecule has 1 fully saturated rings. The first-order chi connectivity index (χ1) is 13.1. The molecule has 2 unspecified atom stereocenters. The van der Waals surface area contributed by atoms with Gasteiger partial charge in [0.15, 0.2) is 0 Å². The predicted octanol–water partition coefficient (Wildman–Crippen LogP) is 4.55. The first-order valence-corrected chi connectivity index (χ1v) is 9.86. The highest BCUT2D eigenvalue weighted by atomic mass is 16.5. The van der Waals surface area contributed by atoms with Crippen molar-refractivity contribution in [3.8, 4) is 11.6 Å². The molecule has 27 heavy (non-hydrogen) atoms. The Morgan fingerprint density at radius 1 is 1.15 bits per heavy atom. The lowest BCUT2D eigenvalue weighted by Crippen LogP contribution is -2.36. The Labute approximate surface area is 161 Å². The van der Waals surface area contributed by atoms with Crippen LogP contribution in [0.15, 0.2) is 42.6 Å². The number of benzene rings is 1. The van der Waals surface area contributed by atoms with Gasteiger partial charge >= 0.3 is 0 Å². The van der Waals surface area contributed by atoms with Crippen LogP contribution in [0.25, 0.3) is 0 Å². The Kier molecular flexibility index (Phi) is 6.45. The van der Waals surface area contributed by atoms with Gasteiger partial charge in [0, 0.05) is 18.3 Å². The van der Waals surface area contributed by atoms with Crippen LogP contribution in [0, 0.1) is 5.92 Å². The summed E-state index contributed by atoms with van der Waals surface area (Å²) in [5.41, 5.74) is 6.95. The molecule has 2 aromatic rings. The van der Waals surface area contributed by atoms with Gasteiger partial charge in [-0.25, -0.2) is 4.98 Å². The Hall–Kier alpha value is -2.40. The molecule has 0 radical (unpaired) electrons. The normalized spacial score (nSPS) is 17.3. The van der Waals surface area contributed by atoms with Crippen molar-refractivity contribution < 1.29 is 9.53 Å². The zero-order valence-electron chi connectivity index (χ0n) is 16.2. The molecule has 3 rings (SSSR count). The van der Waals surface area contributed by atoms with E-state index in [2.05, 4.69) is 35.9 Å². The molecule has 2 heterocycles. The van der Waals surface area contributed by atoms with E-state index in [-0.39, 0.29) is 0 Å². The van der Waals surface area contributed by atoms with Crippen LogP contribution < -0.4 is 10.5 Å². The summed E-state index contributed by atoms with van der Waals surface area (Å²) >= 11 is 0. The standard InChI is InChI=1S/C22H29N3O2/c1-3-16(2)21(25-13-5-4-6-14-25)17-7-10-19(11-8-17)27-20-12-9-18(15-24-20)22(23)26/h7-12,15-16,21H,3-6,13-14H2,1-2H3,(H2,23,26). The highest BCUT2D eigenvalue weighted by molar-refractivity contribution is 5.92. The topological polar surface area (TPSA) is 68.5 Å². The summed E-state index contributed by atoms with van der Waals surface area (Å²) < 4.78 is 5.80. The third kappa shape index (κ3) is 4.86. The van der Waals surface area contributed by atoms with Crippen molar-refractivity contribution in [1.29, 1.82) is 0 Å². The summed E-state index contributed by atoms with van der Waals surface area (Å²) in [6.07, 6.45) is 6.52. The Bertz CT molecular complexity index is 737. The average Bonchev–Trinajstić information content (AvgIpc) is 2.70. The fraction of sp³-hybridized carbons (Fsp3) is 0.455. The number of amides is 1. The van der Waals surface area contributed by atoms with Crippen LogP contribution >= 0.6 is 0 Å². The van der Waals surface area contributed by atoms with Crippen LogP contribution in [0.4, 0.5) is 0 Å². The highest BCUT2D eigenvalue weighted by Gasteiger charge is 2.26. The van der Waals surface area contributed by atoms with Gasteiger partial charge in [-0.1, -0.05) is 38.8 Å². The lowest BCUT2D eigenvalue weighted by atomic mass is 9.89. The van der Waals surface area contributed by atoms with Crippen molar-refractivity contribution in [3.63, 3.8) is 0 Å². The molecule has 0 saturated carbocycles. The number of ether oxygens (including phenoxy) is 1. The summed E-state index contributed by atoms with van der Waals surface area (Å²) in [5, 5.41) is 0. The quantitative estimate of drug-likeness (QED) is 0.780. The molecule has 1 aromatic carbocycles. The van der Waals surface area contributed by atoms with Gasteiger partial charge in [0.05, 0.1) is 5.56 Å². The zero-order chi connectivity index (χ0) is 19.2. The SMILES string of the molecule is CCC(C)C(c1ccc(Oc2ccc(C(N)=O)cn2)cc1)N1CCCCC1. The van der Waals surface area contributed by atoms with E-state index in [9.17, 15) is 4.79 Å². The highest BCUT2D eigenvalue weighted by Crippen LogP contribution is 2.34. The van der Waals surface area contributed by atoms with Gasteiger partial charge < -0.3 is 10.5 Å². The number of nitrogens with zero attached hydrogens (tertiary/aromatic N) is 2. The number of carbonyl (C=O) groups excluding carboxylic acids is 1. The van der Waals surface area contributed by atoms with Gasteiger partial charge in [-0.3, -0.25) is 9.69 Å². The molecule has 1 saturated heterocycles. The summed E-state index contributed by atoms with van der Waals surface area (Å²) in [4.78, 5) is 17.9. The van der Waals surface area contributed by atoms with E-state index in [0.717, 1.165) is 12.2 Å². The minimum absolute atomic E-state index is 0.371. The van der Waals surface area contributed by atoms with E-state index in [4.69, 9.17) is 10.5 Å². The van der Waals surface area contributed by atoms with Crippen LogP contribution in [-0.4, -0.2) is 28.9 Å². The molecule has 5 nitrogen and oxygen atoms in total. The number of primary amides is 1. The molecule has 144 valence electrons. The van der Waals surface area contributed by atoms with Crippen molar-refractivity contribution in [2.75, 3.05) is 13.1 Å². The van der Waals surface area contributed by atoms with Crippen molar-refractivity contribution in [2.45, 2.75) is 45.6 Å². The third-order valence-electron chi connectivity index (χ3n) is 5.43. The lowest BCUT2D eigenvalue weighted by Gasteiger charge is -2.38. The molecule has 2 atom stereocenters. The van der Waals surface area contributed by atoms with Crippen LogP contribution in [0.3, 0.4) is 0 Å². The monoisotopic (exact) mass is 367 g/mol. The Balaban J connectivity index is 1.73. The zero-order valence-corrected chi connectivity index (χ0v) is 16.2. The molecule has 1 aliphatic rings. The first-order valence-electron chi connectivity index (χ1n) is 9.86. The number of carbonyl (C=O) groups is 1. The molecule has 1 amide bonds. The summed E-state index contributed by atoms with van der Waals surface area (Å²) in [6.45, 7) is 6.97. The Morgan fingerprint density at radius 2 is 1.85 bits per heavy atom. The molecule has 1 aromatic heterocycles. The minimum atomic E-state index is -0.493. The van der Waals surface area contributed by atoms with E-state index in [0.29, 0.717) is 23.4 Å². The summed E-state index contributed by atoms with van der Waals surface area (Å²) in [6, 6.07) is 12.1. The van der Waals surface area contributed by atoms with Gasteiger partial charge in [0.25, 0.3) is 0 Å². The maximum Gasteiger partial charge on any atom is 0.250 e. The third-order valence-corrected chi connectivity index (χ3v) is 5.43.